The van der Waals surface area contributed by atoms with Gasteiger partial charge in [-0.2, -0.15) is 0 Å². The van der Waals surface area contributed by atoms with Crippen molar-refractivity contribution in [2.75, 3.05) is 0 Å². The number of aryl methyl sites for hydroxylation is 1. The Hall–Kier alpha value is -1.51. The van der Waals surface area contributed by atoms with Gasteiger partial charge in [0, 0.05) is 10.0 Å². The molecule has 2 aromatic carbocycles. The third kappa shape index (κ3) is 4.48. The van der Waals surface area contributed by atoms with Crippen LogP contribution in [0.15, 0.2) is 42.5 Å². The Balaban J connectivity index is 2.17. The third-order valence-electron chi connectivity index (χ3n) is 3.43. The van der Waals surface area contributed by atoms with Crippen LogP contribution in [0.5, 0.6) is 0 Å². The monoisotopic (exact) mass is 322 g/mol. The summed E-state index contributed by atoms with van der Waals surface area (Å²) in [6, 6.07) is 13.0. The summed E-state index contributed by atoms with van der Waals surface area (Å²) in [6.45, 7) is 2.00. The second-order valence-electron chi connectivity index (χ2n) is 5.16. The van der Waals surface area contributed by atoms with Gasteiger partial charge >= 0.3 is 5.97 Å². The molecular weight excluding hydrogens is 307 g/mol. The van der Waals surface area contributed by atoms with E-state index in [1.54, 1.807) is 18.2 Å². The molecule has 1 unspecified atom stereocenters. The smallest absolute Gasteiger partial charge is 0.307 e. The van der Waals surface area contributed by atoms with Crippen LogP contribution in [0.2, 0.25) is 10.0 Å². The van der Waals surface area contributed by atoms with Crippen LogP contribution < -0.4 is 0 Å². The number of benzene rings is 2. The largest absolute Gasteiger partial charge is 0.481 e. The molecule has 2 aromatic rings. The van der Waals surface area contributed by atoms with Gasteiger partial charge in [0.2, 0.25) is 0 Å². The average molecular weight is 323 g/mol. The van der Waals surface area contributed by atoms with Crippen LogP contribution in [-0.2, 0) is 17.6 Å². The van der Waals surface area contributed by atoms with Gasteiger partial charge in [0.15, 0.2) is 0 Å². The lowest BCUT2D eigenvalue weighted by Crippen LogP contribution is -2.19. The summed E-state index contributed by atoms with van der Waals surface area (Å²) in [5.74, 6) is -1.35. The van der Waals surface area contributed by atoms with Crippen LogP contribution in [0.3, 0.4) is 0 Å². The summed E-state index contributed by atoms with van der Waals surface area (Å²) in [6.07, 6.45) is 0.834. The van der Waals surface area contributed by atoms with Crippen molar-refractivity contribution in [1.29, 1.82) is 0 Å². The first kappa shape index (κ1) is 15.9. The Morgan fingerprint density at radius 2 is 1.76 bits per heavy atom. The molecule has 0 aliphatic heterocycles. The molecule has 1 atom stereocenters. The van der Waals surface area contributed by atoms with E-state index in [9.17, 15) is 9.90 Å². The van der Waals surface area contributed by atoms with Gasteiger partial charge in [-0.1, -0.05) is 53.0 Å². The molecule has 0 aromatic heterocycles. The fourth-order valence-electron chi connectivity index (χ4n) is 2.22. The highest BCUT2D eigenvalue weighted by molar-refractivity contribution is 6.33. The Kier molecular flexibility index (Phi) is 5.27. The fourth-order valence-corrected chi connectivity index (χ4v) is 2.61. The van der Waals surface area contributed by atoms with Gasteiger partial charge in [-0.15, -0.1) is 0 Å². The zero-order chi connectivity index (χ0) is 15.4. The number of hydrogen-bond acceptors (Lipinski definition) is 1. The van der Waals surface area contributed by atoms with Crippen LogP contribution in [0.25, 0.3) is 0 Å². The van der Waals surface area contributed by atoms with Gasteiger partial charge in [-0.3, -0.25) is 4.79 Å². The number of carboxylic acid groups (broad SMARTS) is 1. The lowest BCUT2D eigenvalue weighted by atomic mass is 9.92. The predicted octanol–water partition coefficient (Wildman–Crippen LogP) is 4.79. The van der Waals surface area contributed by atoms with Gasteiger partial charge in [0.25, 0.3) is 0 Å². The first-order valence-electron chi connectivity index (χ1n) is 6.68. The normalized spacial score (nSPS) is 12.1. The number of rotatable bonds is 5. The zero-order valence-corrected chi connectivity index (χ0v) is 13.2. The molecule has 2 rings (SSSR count). The van der Waals surface area contributed by atoms with Crippen molar-refractivity contribution in [2.24, 2.45) is 5.92 Å². The molecule has 0 heterocycles. The minimum atomic E-state index is -0.827. The number of carbonyl (C=O) groups is 1. The topological polar surface area (TPSA) is 37.3 Å². The van der Waals surface area contributed by atoms with Crippen molar-refractivity contribution in [3.05, 3.63) is 69.2 Å². The van der Waals surface area contributed by atoms with Gasteiger partial charge in [-0.05, 0) is 49.1 Å². The molecule has 0 aliphatic rings. The molecule has 110 valence electrons. The van der Waals surface area contributed by atoms with Crippen molar-refractivity contribution >= 4 is 29.2 Å². The van der Waals surface area contributed by atoms with E-state index in [4.69, 9.17) is 23.2 Å². The van der Waals surface area contributed by atoms with Crippen LogP contribution in [0.4, 0.5) is 0 Å². The molecule has 0 radical (unpaired) electrons. The maximum Gasteiger partial charge on any atom is 0.307 e. The second-order valence-corrected chi connectivity index (χ2v) is 6.01. The molecule has 0 amide bonds. The van der Waals surface area contributed by atoms with Gasteiger partial charge in [0.1, 0.15) is 0 Å². The lowest BCUT2D eigenvalue weighted by molar-refractivity contribution is -0.141. The Morgan fingerprint density at radius 1 is 1.10 bits per heavy atom. The molecule has 0 saturated carbocycles. The Morgan fingerprint density at radius 3 is 2.38 bits per heavy atom. The van der Waals surface area contributed by atoms with Crippen LogP contribution in [0.1, 0.15) is 16.7 Å². The molecule has 0 spiro atoms. The van der Waals surface area contributed by atoms with E-state index in [1.165, 1.54) is 0 Å². The fraction of sp³-hybridized carbons (Fsp3) is 0.235. The van der Waals surface area contributed by atoms with Crippen LogP contribution in [0, 0.1) is 12.8 Å². The maximum atomic E-state index is 11.5. The quantitative estimate of drug-likeness (QED) is 0.859. The summed E-state index contributed by atoms with van der Waals surface area (Å²) in [7, 11) is 0. The van der Waals surface area contributed by atoms with Gasteiger partial charge in [0.05, 0.1) is 5.92 Å². The molecule has 1 N–H and O–H groups in total. The summed E-state index contributed by atoms with van der Waals surface area (Å²) < 4.78 is 0. The van der Waals surface area contributed by atoms with Crippen LogP contribution in [-0.4, -0.2) is 11.1 Å². The second kappa shape index (κ2) is 6.97. The van der Waals surface area contributed by atoms with Crippen molar-refractivity contribution in [2.45, 2.75) is 19.8 Å². The molecule has 21 heavy (non-hydrogen) atoms. The molecule has 0 saturated heterocycles. The van der Waals surface area contributed by atoms with Crippen LogP contribution >= 0.6 is 23.2 Å². The van der Waals surface area contributed by atoms with E-state index in [2.05, 4.69) is 0 Å². The highest BCUT2D eigenvalue weighted by Gasteiger charge is 2.20. The molecule has 0 fully saturated rings. The summed E-state index contributed by atoms with van der Waals surface area (Å²) in [5, 5.41) is 10.5. The minimum Gasteiger partial charge on any atom is -0.481 e. The third-order valence-corrected chi connectivity index (χ3v) is 4.03. The average Bonchev–Trinajstić information content (AvgIpc) is 2.44. The lowest BCUT2D eigenvalue weighted by Gasteiger charge is -2.14. The van der Waals surface area contributed by atoms with Crippen molar-refractivity contribution in [3.63, 3.8) is 0 Å². The molecule has 0 aliphatic carbocycles. The Bertz CT molecular complexity index is 636. The highest BCUT2D eigenvalue weighted by atomic mass is 35.5. The van der Waals surface area contributed by atoms with Crippen molar-refractivity contribution in [1.82, 2.24) is 0 Å². The minimum absolute atomic E-state index is 0.364. The van der Waals surface area contributed by atoms with Gasteiger partial charge in [-0.25, -0.2) is 0 Å². The first-order chi connectivity index (χ1) is 9.95. The zero-order valence-electron chi connectivity index (χ0n) is 11.6. The number of hydrogen-bond donors (Lipinski definition) is 1. The standard InChI is InChI=1S/C17H16Cl2O2/c1-11-2-4-12(5-3-11)8-14(17(20)21)9-13-10-15(18)6-7-16(13)19/h2-7,10,14H,8-9H2,1H3,(H,20,21). The summed E-state index contributed by atoms with van der Waals surface area (Å²) in [4.78, 5) is 11.5. The van der Waals surface area contributed by atoms with E-state index in [0.29, 0.717) is 22.9 Å². The number of carboxylic acids is 1. The Labute approximate surface area is 134 Å². The maximum absolute atomic E-state index is 11.5. The van der Waals surface area contributed by atoms with E-state index in [-0.39, 0.29) is 0 Å². The first-order valence-corrected chi connectivity index (χ1v) is 7.43. The van der Waals surface area contributed by atoms with Gasteiger partial charge < -0.3 is 5.11 Å². The summed E-state index contributed by atoms with van der Waals surface area (Å²) >= 11 is 12.1. The van der Waals surface area contributed by atoms with E-state index >= 15 is 0 Å². The molecule has 0 bridgehead atoms. The van der Waals surface area contributed by atoms with E-state index < -0.39 is 11.9 Å². The highest BCUT2D eigenvalue weighted by Crippen LogP contribution is 2.25. The van der Waals surface area contributed by atoms with Crippen molar-refractivity contribution in [3.8, 4) is 0 Å². The van der Waals surface area contributed by atoms with Crippen molar-refractivity contribution < 1.29 is 9.90 Å². The van der Waals surface area contributed by atoms with E-state index in [0.717, 1.165) is 16.7 Å². The number of aliphatic carboxylic acids is 1. The van der Waals surface area contributed by atoms with E-state index in [1.807, 2.05) is 31.2 Å². The molecule has 4 heteroatoms. The molecule has 2 nitrogen and oxygen atoms in total. The SMILES string of the molecule is Cc1ccc(CC(Cc2cc(Cl)ccc2Cl)C(=O)O)cc1. The number of halogens is 2. The summed E-state index contributed by atoms with van der Waals surface area (Å²) in [5.41, 5.74) is 2.93. The molecular formula is C17H16Cl2O2. The predicted molar refractivity (Wildman–Crippen MR) is 86.2 cm³/mol.